The molecule has 3 unspecified atom stereocenters. The van der Waals surface area contributed by atoms with Crippen LogP contribution in [0.4, 0.5) is 0 Å². The largest absolute Gasteiger partial charge is 0.316 e. The molecule has 2 nitrogen and oxygen atoms in total. The van der Waals surface area contributed by atoms with Crippen molar-refractivity contribution in [3.63, 3.8) is 0 Å². The molecule has 2 heteroatoms. The minimum absolute atomic E-state index is 0.724. The van der Waals surface area contributed by atoms with Gasteiger partial charge in [0.25, 0.3) is 0 Å². The minimum Gasteiger partial charge on any atom is -0.316 e. The molecule has 1 aliphatic rings. The smallest absolute Gasteiger partial charge is 0.0108 e. The highest BCUT2D eigenvalue weighted by molar-refractivity contribution is 4.84. The lowest BCUT2D eigenvalue weighted by atomic mass is 10.0. The summed E-state index contributed by atoms with van der Waals surface area (Å²) in [4.78, 5) is 2.74. The molecule has 1 aliphatic heterocycles. The SMILES string of the molecule is CCC1CCCN1C(C)C(C)CNCC(C)C. The van der Waals surface area contributed by atoms with Crippen LogP contribution in [-0.4, -0.2) is 36.6 Å². The second kappa shape index (κ2) is 7.38. The van der Waals surface area contributed by atoms with Crippen molar-refractivity contribution in [2.45, 2.75) is 66.0 Å². The van der Waals surface area contributed by atoms with Gasteiger partial charge in [-0.25, -0.2) is 0 Å². The molecular weight excluding hydrogens is 208 g/mol. The Balaban J connectivity index is 2.32. The third kappa shape index (κ3) is 4.59. The summed E-state index contributed by atoms with van der Waals surface area (Å²) in [6.45, 7) is 15.3. The van der Waals surface area contributed by atoms with Crippen LogP contribution in [0.5, 0.6) is 0 Å². The molecule has 1 heterocycles. The van der Waals surface area contributed by atoms with E-state index in [0.717, 1.165) is 37.0 Å². The summed E-state index contributed by atoms with van der Waals surface area (Å²) in [7, 11) is 0. The lowest BCUT2D eigenvalue weighted by Crippen LogP contribution is -2.43. The third-order valence-electron chi connectivity index (χ3n) is 4.26. The van der Waals surface area contributed by atoms with Crippen LogP contribution in [0.2, 0.25) is 0 Å². The second-order valence-corrected chi connectivity index (χ2v) is 6.21. The van der Waals surface area contributed by atoms with Crippen molar-refractivity contribution in [2.75, 3.05) is 19.6 Å². The fourth-order valence-electron chi connectivity index (χ4n) is 2.93. The van der Waals surface area contributed by atoms with E-state index in [1.165, 1.54) is 25.8 Å². The first-order valence-electron chi connectivity index (χ1n) is 7.52. The van der Waals surface area contributed by atoms with Crippen LogP contribution in [-0.2, 0) is 0 Å². The Morgan fingerprint density at radius 3 is 2.47 bits per heavy atom. The number of rotatable bonds is 7. The van der Waals surface area contributed by atoms with Crippen LogP contribution in [0.1, 0.15) is 53.9 Å². The zero-order valence-electron chi connectivity index (χ0n) is 12.5. The number of likely N-dealkylation sites (tertiary alicyclic amines) is 1. The maximum atomic E-state index is 3.60. The number of hydrogen-bond acceptors (Lipinski definition) is 2. The Kier molecular flexibility index (Phi) is 6.50. The van der Waals surface area contributed by atoms with E-state index in [2.05, 4.69) is 44.8 Å². The van der Waals surface area contributed by atoms with Crippen LogP contribution < -0.4 is 5.32 Å². The molecule has 0 bridgehead atoms. The fourth-order valence-corrected chi connectivity index (χ4v) is 2.93. The molecule has 1 rings (SSSR count). The van der Waals surface area contributed by atoms with Gasteiger partial charge in [0.2, 0.25) is 0 Å². The summed E-state index contributed by atoms with van der Waals surface area (Å²) in [5, 5.41) is 3.60. The number of nitrogens with zero attached hydrogens (tertiary/aromatic N) is 1. The maximum absolute atomic E-state index is 3.60. The first-order valence-corrected chi connectivity index (χ1v) is 7.52. The monoisotopic (exact) mass is 240 g/mol. The van der Waals surface area contributed by atoms with Gasteiger partial charge < -0.3 is 5.32 Å². The first-order chi connectivity index (χ1) is 8.06. The van der Waals surface area contributed by atoms with E-state index in [9.17, 15) is 0 Å². The summed E-state index contributed by atoms with van der Waals surface area (Å²) in [5.74, 6) is 1.51. The molecular formula is C15H32N2. The quantitative estimate of drug-likeness (QED) is 0.735. The summed E-state index contributed by atoms with van der Waals surface area (Å²) in [6, 6.07) is 1.57. The van der Waals surface area contributed by atoms with Crippen molar-refractivity contribution in [3.05, 3.63) is 0 Å². The molecule has 0 radical (unpaired) electrons. The van der Waals surface area contributed by atoms with Gasteiger partial charge in [-0.3, -0.25) is 4.90 Å². The van der Waals surface area contributed by atoms with Gasteiger partial charge in [-0.1, -0.05) is 27.7 Å². The van der Waals surface area contributed by atoms with Crippen molar-refractivity contribution in [1.29, 1.82) is 0 Å². The number of nitrogens with one attached hydrogen (secondary N) is 1. The minimum atomic E-state index is 0.724. The average molecular weight is 240 g/mol. The summed E-state index contributed by atoms with van der Waals surface area (Å²) >= 11 is 0. The Morgan fingerprint density at radius 2 is 1.88 bits per heavy atom. The summed E-state index contributed by atoms with van der Waals surface area (Å²) in [5.41, 5.74) is 0. The zero-order chi connectivity index (χ0) is 12.8. The fraction of sp³-hybridized carbons (Fsp3) is 1.00. The predicted octanol–water partition coefficient (Wildman–Crippen LogP) is 3.13. The standard InChI is InChI=1S/C15H32N2/c1-6-15-8-7-9-17(15)14(5)13(4)11-16-10-12(2)3/h12-16H,6-11H2,1-5H3. The van der Waals surface area contributed by atoms with Gasteiger partial charge in [0.05, 0.1) is 0 Å². The van der Waals surface area contributed by atoms with Crippen molar-refractivity contribution in [1.82, 2.24) is 10.2 Å². The molecule has 1 fully saturated rings. The van der Waals surface area contributed by atoms with Crippen molar-refractivity contribution < 1.29 is 0 Å². The predicted molar refractivity (Wildman–Crippen MR) is 76.4 cm³/mol. The highest BCUT2D eigenvalue weighted by Gasteiger charge is 2.29. The first kappa shape index (κ1) is 15.0. The summed E-state index contributed by atoms with van der Waals surface area (Å²) < 4.78 is 0. The molecule has 0 aromatic rings. The molecule has 1 saturated heterocycles. The van der Waals surface area contributed by atoms with Gasteiger partial charge >= 0.3 is 0 Å². The normalized spacial score (nSPS) is 25.4. The van der Waals surface area contributed by atoms with E-state index in [1.54, 1.807) is 0 Å². The van der Waals surface area contributed by atoms with Crippen molar-refractivity contribution >= 4 is 0 Å². The molecule has 0 aliphatic carbocycles. The topological polar surface area (TPSA) is 15.3 Å². The van der Waals surface area contributed by atoms with E-state index < -0.39 is 0 Å². The Bertz CT molecular complexity index is 203. The molecule has 102 valence electrons. The highest BCUT2D eigenvalue weighted by Crippen LogP contribution is 2.25. The second-order valence-electron chi connectivity index (χ2n) is 6.21. The average Bonchev–Trinajstić information content (AvgIpc) is 2.75. The summed E-state index contributed by atoms with van der Waals surface area (Å²) in [6.07, 6.45) is 4.12. The van der Waals surface area contributed by atoms with Gasteiger partial charge in [0.15, 0.2) is 0 Å². The Hall–Kier alpha value is -0.0800. The zero-order valence-corrected chi connectivity index (χ0v) is 12.5. The third-order valence-corrected chi connectivity index (χ3v) is 4.26. The van der Waals surface area contributed by atoms with Crippen molar-refractivity contribution in [2.24, 2.45) is 11.8 Å². The van der Waals surface area contributed by atoms with Crippen LogP contribution in [0, 0.1) is 11.8 Å². The van der Waals surface area contributed by atoms with E-state index in [4.69, 9.17) is 0 Å². The molecule has 0 aromatic heterocycles. The van der Waals surface area contributed by atoms with E-state index in [-0.39, 0.29) is 0 Å². The van der Waals surface area contributed by atoms with Gasteiger partial charge in [-0.2, -0.15) is 0 Å². The molecule has 1 N–H and O–H groups in total. The van der Waals surface area contributed by atoms with E-state index in [0.29, 0.717) is 0 Å². The van der Waals surface area contributed by atoms with Crippen LogP contribution in [0.15, 0.2) is 0 Å². The molecule has 17 heavy (non-hydrogen) atoms. The molecule has 0 spiro atoms. The lowest BCUT2D eigenvalue weighted by Gasteiger charge is -2.34. The molecule has 3 atom stereocenters. The van der Waals surface area contributed by atoms with E-state index >= 15 is 0 Å². The molecule has 0 amide bonds. The van der Waals surface area contributed by atoms with Gasteiger partial charge in [0.1, 0.15) is 0 Å². The molecule has 0 aromatic carbocycles. The number of hydrogen-bond donors (Lipinski definition) is 1. The van der Waals surface area contributed by atoms with E-state index in [1.807, 2.05) is 0 Å². The Morgan fingerprint density at radius 1 is 1.18 bits per heavy atom. The molecule has 0 saturated carbocycles. The van der Waals surface area contributed by atoms with Crippen LogP contribution in [0.25, 0.3) is 0 Å². The van der Waals surface area contributed by atoms with Gasteiger partial charge in [0, 0.05) is 12.1 Å². The Labute approximate surface area is 108 Å². The van der Waals surface area contributed by atoms with Gasteiger partial charge in [-0.05, 0) is 57.7 Å². The lowest BCUT2D eigenvalue weighted by molar-refractivity contribution is 0.142. The highest BCUT2D eigenvalue weighted by atomic mass is 15.2. The maximum Gasteiger partial charge on any atom is 0.0108 e. The van der Waals surface area contributed by atoms with Gasteiger partial charge in [-0.15, -0.1) is 0 Å². The van der Waals surface area contributed by atoms with Crippen LogP contribution in [0.3, 0.4) is 0 Å². The van der Waals surface area contributed by atoms with Crippen LogP contribution >= 0.6 is 0 Å². The van der Waals surface area contributed by atoms with Crippen molar-refractivity contribution in [3.8, 4) is 0 Å².